The first-order valence-electron chi connectivity index (χ1n) is 7.85. The molecule has 3 nitrogen and oxygen atoms in total. The molecule has 3 heteroatoms. The molecule has 0 radical (unpaired) electrons. The number of para-hydroxylation sites is 1. The zero-order chi connectivity index (χ0) is 13.7. The molecule has 108 valence electrons. The Morgan fingerprint density at radius 1 is 1.30 bits per heavy atom. The maximum absolute atomic E-state index is 6.13. The zero-order valence-electron chi connectivity index (χ0n) is 12.4. The van der Waals surface area contributed by atoms with Crippen LogP contribution in [0.2, 0.25) is 0 Å². The van der Waals surface area contributed by atoms with Gasteiger partial charge in [0.15, 0.2) is 0 Å². The Hall–Kier alpha value is -1.06. The fourth-order valence-electron chi connectivity index (χ4n) is 4.42. The number of hydrogen-bond donors (Lipinski definition) is 1. The highest BCUT2D eigenvalue weighted by Gasteiger charge is 2.50. The molecule has 1 N–H and O–H groups in total. The molecule has 0 aliphatic carbocycles. The number of nitrogens with one attached hydrogen (secondary N) is 1. The highest BCUT2D eigenvalue weighted by Crippen LogP contribution is 2.41. The summed E-state index contributed by atoms with van der Waals surface area (Å²) in [5, 5.41) is 3.55. The molecule has 1 aromatic carbocycles. The summed E-state index contributed by atoms with van der Waals surface area (Å²) >= 11 is 0. The number of rotatable bonds is 2. The van der Waals surface area contributed by atoms with Crippen LogP contribution >= 0.6 is 0 Å². The number of benzene rings is 1. The van der Waals surface area contributed by atoms with Gasteiger partial charge in [0.1, 0.15) is 11.9 Å². The summed E-state index contributed by atoms with van der Waals surface area (Å²) in [7, 11) is 0. The van der Waals surface area contributed by atoms with E-state index in [1.807, 2.05) is 0 Å². The summed E-state index contributed by atoms with van der Waals surface area (Å²) in [6, 6.07) is 8.48. The van der Waals surface area contributed by atoms with Crippen molar-refractivity contribution in [2.45, 2.75) is 31.9 Å². The van der Waals surface area contributed by atoms with Crippen molar-refractivity contribution in [2.24, 2.45) is 11.8 Å². The van der Waals surface area contributed by atoms with Gasteiger partial charge in [0, 0.05) is 31.6 Å². The number of hydrogen-bond acceptors (Lipinski definition) is 3. The second kappa shape index (κ2) is 4.47. The average molecular weight is 272 g/mol. The third kappa shape index (κ3) is 1.87. The van der Waals surface area contributed by atoms with Crippen LogP contribution in [-0.2, 0) is 6.42 Å². The van der Waals surface area contributed by atoms with Gasteiger partial charge in [0.25, 0.3) is 0 Å². The fourth-order valence-corrected chi connectivity index (χ4v) is 4.42. The predicted molar refractivity (Wildman–Crippen MR) is 80.1 cm³/mol. The highest BCUT2D eigenvalue weighted by atomic mass is 16.5. The van der Waals surface area contributed by atoms with Crippen molar-refractivity contribution >= 4 is 0 Å². The lowest BCUT2D eigenvalue weighted by Crippen LogP contribution is -2.48. The Kier molecular flexibility index (Phi) is 2.83. The molecule has 3 unspecified atom stereocenters. The van der Waals surface area contributed by atoms with Gasteiger partial charge in [-0.05, 0) is 43.9 Å². The van der Waals surface area contributed by atoms with E-state index in [2.05, 4.69) is 48.3 Å². The van der Waals surface area contributed by atoms with Gasteiger partial charge < -0.3 is 10.1 Å². The number of likely N-dealkylation sites (tertiary alicyclic amines) is 1. The van der Waals surface area contributed by atoms with E-state index in [1.165, 1.54) is 25.2 Å². The quantitative estimate of drug-likeness (QED) is 0.890. The van der Waals surface area contributed by atoms with E-state index in [4.69, 9.17) is 4.74 Å². The van der Waals surface area contributed by atoms with Gasteiger partial charge >= 0.3 is 0 Å². The summed E-state index contributed by atoms with van der Waals surface area (Å²) in [6.45, 7) is 9.48. The standard InChI is InChI=1S/C17H24N2O/c1-17(2)15-9-18-8-13(15)10-19(17)11-14-7-12-5-3-4-6-16(12)20-14/h3-6,13-15,18H,7-11H2,1-2H3. The second-order valence-electron chi connectivity index (χ2n) is 7.14. The largest absolute Gasteiger partial charge is 0.488 e. The molecule has 0 saturated carbocycles. The molecule has 0 bridgehead atoms. The van der Waals surface area contributed by atoms with Crippen molar-refractivity contribution in [1.82, 2.24) is 10.2 Å². The number of nitrogens with zero attached hydrogens (tertiary/aromatic N) is 1. The molecule has 2 saturated heterocycles. The Morgan fingerprint density at radius 3 is 2.95 bits per heavy atom. The summed E-state index contributed by atoms with van der Waals surface area (Å²) in [5.41, 5.74) is 1.67. The minimum atomic E-state index is 0.298. The van der Waals surface area contributed by atoms with Crippen LogP contribution in [0, 0.1) is 11.8 Å². The van der Waals surface area contributed by atoms with Gasteiger partial charge in [-0.25, -0.2) is 0 Å². The lowest BCUT2D eigenvalue weighted by atomic mass is 9.85. The maximum Gasteiger partial charge on any atom is 0.123 e. The molecule has 0 amide bonds. The lowest BCUT2D eigenvalue weighted by Gasteiger charge is -2.36. The Labute approximate surface area is 121 Å². The van der Waals surface area contributed by atoms with Crippen LogP contribution in [0.5, 0.6) is 5.75 Å². The molecule has 1 aromatic rings. The molecular weight excluding hydrogens is 248 g/mol. The van der Waals surface area contributed by atoms with Gasteiger partial charge in [-0.1, -0.05) is 18.2 Å². The molecule has 20 heavy (non-hydrogen) atoms. The highest BCUT2D eigenvalue weighted by molar-refractivity contribution is 5.37. The van der Waals surface area contributed by atoms with Gasteiger partial charge in [0.2, 0.25) is 0 Å². The fraction of sp³-hybridized carbons (Fsp3) is 0.647. The van der Waals surface area contributed by atoms with E-state index < -0.39 is 0 Å². The monoisotopic (exact) mass is 272 g/mol. The van der Waals surface area contributed by atoms with Crippen LogP contribution in [0.1, 0.15) is 19.4 Å². The Morgan fingerprint density at radius 2 is 2.15 bits per heavy atom. The summed E-state index contributed by atoms with van der Waals surface area (Å²) in [6.07, 6.45) is 1.40. The molecule has 3 atom stereocenters. The van der Waals surface area contributed by atoms with E-state index in [0.717, 1.165) is 30.6 Å². The minimum Gasteiger partial charge on any atom is -0.488 e. The first kappa shape index (κ1) is 12.7. The average Bonchev–Trinajstić information content (AvgIpc) is 3.07. The Bertz CT molecular complexity index is 488. The minimum absolute atomic E-state index is 0.298. The summed E-state index contributed by atoms with van der Waals surface area (Å²) in [5.74, 6) is 2.72. The first-order chi connectivity index (χ1) is 9.64. The van der Waals surface area contributed by atoms with Crippen LogP contribution in [0.15, 0.2) is 24.3 Å². The van der Waals surface area contributed by atoms with Crippen molar-refractivity contribution < 1.29 is 4.74 Å². The summed E-state index contributed by atoms with van der Waals surface area (Å²) < 4.78 is 6.13. The van der Waals surface area contributed by atoms with Crippen molar-refractivity contribution in [2.75, 3.05) is 26.2 Å². The smallest absolute Gasteiger partial charge is 0.123 e. The van der Waals surface area contributed by atoms with Crippen LogP contribution in [0.25, 0.3) is 0 Å². The topological polar surface area (TPSA) is 24.5 Å². The zero-order valence-corrected chi connectivity index (χ0v) is 12.4. The predicted octanol–water partition coefficient (Wildman–Crippen LogP) is 1.92. The van der Waals surface area contributed by atoms with Crippen LogP contribution in [0.3, 0.4) is 0 Å². The van der Waals surface area contributed by atoms with Gasteiger partial charge in [-0.3, -0.25) is 4.90 Å². The molecule has 3 aliphatic rings. The van der Waals surface area contributed by atoms with Gasteiger partial charge in [0.05, 0.1) is 0 Å². The van der Waals surface area contributed by atoms with Gasteiger partial charge in [-0.2, -0.15) is 0 Å². The SMILES string of the molecule is CC1(C)C2CNCC2CN1CC1Cc2ccccc2O1. The van der Waals surface area contributed by atoms with Gasteiger partial charge in [-0.15, -0.1) is 0 Å². The number of fused-ring (bicyclic) bond motifs is 2. The molecule has 3 heterocycles. The Balaban J connectivity index is 1.46. The molecule has 0 spiro atoms. The molecule has 3 aliphatic heterocycles. The summed E-state index contributed by atoms with van der Waals surface area (Å²) in [4.78, 5) is 2.67. The van der Waals surface area contributed by atoms with Crippen molar-refractivity contribution in [1.29, 1.82) is 0 Å². The maximum atomic E-state index is 6.13. The normalized spacial score (nSPS) is 34.8. The first-order valence-corrected chi connectivity index (χ1v) is 7.85. The van der Waals surface area contributed by atoms with E-state index in [9.17, 15) is 0 Å². The van der Waals surface area contributed by atoms with Crippen LogP contribution < -0.4 is 10.1 Å². The molecular formula is C17H24N2O. The lowest BCUT2D eigenvalue weighted by molar-refractivity contribution is 0.0859. The molecule has 2 fully saturated rings. The van der Waals surface area contributed by atoms with E-state index in [1.54, 1.807) is 0 Å². The van der Waals surface area contributed by atoms with Crippen LogP contribution in [0.4, 0.5) is 0 Å². The van der Waals surface area contributed by atoms with E-state index >= 15 is 0 Å². The van der Waals surface area contributed by atoms with Crippen molar-refractivity contribution in [3.05, 3.63) is 29.8 Å². The third-order valence-electron chi connectivity index (χ3n) is 5.65. The molecule has 4 rings (SSSR count). The van der Waals surface area contributed by atoms with Crippen LogP contribution in [-0.4, -0.2) is 42.7 Å². The third-order valence-corrected chi connectivity index (χ3v) is 5.65. The van der Waals surface area contributed by atoms with Crippen molar-refractivity contribution in [3.8, 4) is 5.75 Å². The number of ether oxygens (including phenoxy) is 1. The molecule has 0 aromatic heterocycles. The van der Waals surface area contributed by atoms with Crippen molar-refractivity contribution in [3.63, 3.8) is 0 Å². The van der Waals surface area contributed by atoms with E-state index in [-0.39, 0.29) is 0 Å². The second-order valence-corrected chi connectivity index (χ2v) is 7.14. The van der Waals surface area contributed by atoms with E-state index in [0.29, 0.717) is 11.6 Å².